The molecule has 0 heterocycles. The highest BCUT2D eigenvalue weighted by molar-refractivity contribution is 7.51. The van der Waals surface area contributed by atoms with Gasteiger partial charge in [-0.05, 0) is 0 Å². The van der Waals surface area contributed by atoms with Crippen LogP contribution in [0.3, 0.4) is 0 Å². The van der Waals surface area contributed by atoms with E-state index in [4.69, 9.17) is 15.5 Å². The van der Waals surface area contributed by atoms with E-state index >= 15 is 0 Å². The van der Waals surface area contributed by atoms with Crippen LogP contribution in [-0.4, -0.2) is 35.6 Å². The second-order valence-electron chi connectivity index (χ2n) is 1.93. The van der Waals surface area contributed by atoms with Gasteiger partial charge in [-0.2, -0.15) is 0 Å². The van der Waals surface area contributed by atoms with Crippen LogP contribution in [0.2, 0.25) is 0 Å². The van der Waals surface area contributed by atoms with Gasteiger partial charge in [0.25, 0.3) is 0 Å². The predicted octanol–water partition coefficient (Wildman–Crippen LogP) is -1.29. The van der Waals surface area contributed by atoms with E-state index in [-0.39, 0.29) is 6.16 Å². The van der Waals surface area contributed by atoms with Crippen LogP contribution >= 0.6 is 7.60 Å². The van der Waals surface area contributed by atoms with Crippen molar-refractivity contribution >= 4 is 7.60 Å². The van der Waals surface area contributed by atoms with Crippen molar-refractivity contribution in [3.8, 4) is 0 Å². The quantitative estimate of drug-likeness (QED) is 0.302. The summed E-state index contributed by atoms with van der Waals surface area (Å²) in [4.78, 5) is 16.7. The van der Waals surface area contributed by atoms with Crippen molar-refractivity contribution in [1.29, 1.82) is 0 Å². The van der Waals surface area contributed by atoms with Crippen LogP contribution in [0, 0.1) is 0 Å². The van der Waals surface area contributed by atoms with E-state index in [9.17, 15) is 4.57 Å². The second-order valence-corrected chi connectivity index (χ2v) is 3.70. The molecule has 0 unspecified atom stereocenters. The van der Waals surface area contributed by atoms with Gasteiger partial charge in [0.2, 0.25) is 0 Å². The minimum Gasteiger partial charge on any atom is -0.329 e. The molecule has 0 amide bonds. The van der Waals surface area contributed by atoms with Crippen molar-refractivity contribution in [2.24, 2.45) is 5.73 Å². The zero-order valence-electron chi connectivity index (χ0n) is 5.66. The number of hydrogen-bond donors (Lipinski definition) is 4. The van der Waals surface area contributed by atoms with E-state index in [2.05, 4.69) is 5.32 Å². The van der Waals surface area contributed by atoms with Crippen LogP contribution in [0.4, 0.5) is 0 Å². The molecule has 0 aromatic heterocycles. The number of rotatable bonds is 5. The zero-order chi connectivity index (χ0) is 8.04. The van der Waals surface area contributed by atoms with E-state index < -0.39 is 7.60 Å². The van der Waals surface area contributed by atoms with Gasteiger partial charge in [-0.15, -0.1) is 0 Å². The van der Waals surface area contributed by atoms with Gasteiger partial charge in [0.1, 0.15) is 0 Å². The molecule has 5 nitrogen and oxygen atoms in total. The SMILES string of the molecule is NCCNCCP(=O)(O)O. The Morgan fingerprint density at radius 1 is 1.40 bits per heavy atom. The molecule has 6 heteroatoms. The van der Waals surface area contributed by atoms with Crippen molar-refractivity contribution < 1.29 is 14.4 Å². The van der Waals surface area contributed by atoms with Crippen LogP contribution < -0.4 is 11.1 Å². The fraction of sp³-hybridized carbons (Fsp3) is 1.00. The monoisotopic (exact) mass is 168 g/mol. The summed E-state index contributed by atoms with van der Waals surface area (Å²) in [5.74, 6) is 0. The first kappa shape index (κ1) is 10.1. The van der Waals surface area contributed by atoms with Gasteiger partial charge in [0, 0.05) is 19.6 Å². The molecule has 0 spiro atoms. The Bertz CT molecular complexity index is 124. The Hall–Kier alpha value is 0.0700. The summed E-state index contributed by atoms with van der Waals surface area (Å²) in [6, 6.07) is 0. The lowest BCUT2D eigenvalue weighted by Gasteiger charge is -2.03. The molecule has 0 aliphatic heterocycles. The molecule has 0 fully saturated rings. The molecule has 62 valence electrons. The molecule has 0 saturated carbocycles. The Morgan fingerprint density at radius 3 is 2.40 bits per heavy atom. The highest BCUT2D eigenvalue weighted by Crippen LogP contribution is 2.32. The third kappa shape index (κ3) is 8.07. The summed E-state index contributed by atoms with van der Waals surface area (Å²) in [6.07, 6.45) is -0.118. The summed E-state index contributed by atoms with van der Waals surface area (Å²) in [5.41, 5.74) is 5.12. The number of nitrogens with two attached hydrogens (primary N) is 1. The van der Waals surface area contributed by atoms with Gasteiger partial charge in [-0.25, -0.2) is 0 Å². The van der Waals surface area contributed by atoms with Crippen LogP contribution in [0.5, 0.6) is 0 Å². The lowest BCUT2D eigenvalue weighted by atomic mass is 10.6. The van der Waals surface area contributed by atoms with Crippen molar-refractivity contribution in [2.75, 3.05) is 25.8 Å². The molecule has 0 atom stereocenters. The van der Waals surface area contributed by atoms with Crippen molar-refractivity contribution in [3.63, 3.8) is 0 Å². The predicted molar refractivity (Wildman–Crippen MR) is 38.8 cm³/mol. The van der Waals surface area contributed by atoms with E-state index in [0.717, 1.165) is 0 Å². The van der Waals surface area contributed by atoms with E-state index in [1.807, 2.05) is 0 Å². The minimum atomic E-state index is -3.81. The van der Waals surface area contributed by atoms with Crippen molar-refractivity contribution in [2.45, 2.75) is 0 Å². The molecule has 0 aromatic rings. The molecule has 0 aromatic carbocycles. The highest BCUT2D eigenvalue weighted by Gasteiger charge is 2.10. The lowest BCUT2D eigenvalue weighted by Crippen LogP contribution is -2.25. The molecular formula is C4H13N2O3P. The standard InChI is InChI=1S/C4H13N2O3P/c5-1-2-6-3-4-10(7,8)9/h6H,1-5H2,(H2,7,8,9). The van der Waals surface area contributed by atoms with Crippen LogP contribution in [0.1, 0.15) is 0 Å². The summed E-state index contributed by atoms with van der Waals surface area (Å²) >= 11 is 0. The summed E-state index contributed by atoms with van der Waals surface area (Å²) in [6.45, 7) is 1.41. The zero-order valence-corrected chi connectivity index (χ0v) is 6.55. The van der Waals surface area contributed by atoms with Gasteiger partial charge >= 0.3 is 7.60 Å². The van der Waals surface area contributed by atoms with Gasteiger partial charge in [0.15, 0.2) is 0 Å². The summed E-state index contributed by atoms with van der Waals surface area (Å²) < 4.78 is 10.2. The van der Waals surface area contributed by atoms with Gasteiger partial charge in [0.05, 0.1) is 6.16 Å². The number of nitrogens with one attached hydrogen (secondary N) is 1. The topological polar surface area (TPSA) is 95.6 Å². The van der Waals surface area contributed by atoms with Crippen molar-refractivity contribution in [1.82, 2.24) is 5.32 Å². The minimum absolute atomic E-state index is 0.118. The Labute approximate surface area is 59.8 Å². The molecule has 0 saturated heterocycles. The number of hydrogen-bond acceptors (Lipinski definition) is 3. The molecule has 0 rings (SSSR count). The largest absolute Gasteiger partial charge is 0.329 e. The Balaban J connectivity index is 3.13. The first-order valence-corrected chi connectivity index (χ1v) is 4.81. The van der Waals surface area contributed by atoms with Crippen LogP contribution in [0.15, 0.2) is 0 Å². The van der Waals surface area contributed by atoms with Gasteiger partial charge in [-0.3, -0.25) is 4.57 Å². The highest BCUT2D eigenvalue weighted by atomic mass is 31.2. The average molecular weight is 168 g/mol. The maximum absolute atomic E-state index is 10.2. The normalized spacial score (nSPS) is 11.9. The molecule has 0 aliphatic carbocycles. The molecule has 0 aliphatic rings. The summed E-state index contributed by atoms with van der Waals surface area (Å²) in [5, 5.41) is 2.77. The summed E-state index contributed by atoms with van der Waals surface area (Å²) in [7, 11) is -3.81. The van der Waals surface area contributed by atoms with Gasteiger partial charge < -0.3 is 20.8 Å². The fourth-order valence-electron chi connectivity index (χ4n) is 0.452. The fourth-order valence-corrected chi connectivity index (χ4v) is 0.901. The van der Waals surface area contributed by atoms with Gasteiger partial charge in [-0.1, -0.05) is 0 Å². The van der Waals surface area contributed by atoms with Crippen molar-refractivity contribution in [3.05, 3.63) is 0 Å². The second kappa shape index (κ2) is 4.82. The third-order valence-corrected chi connectivity index (χ3v) is 1.71. The maximum Gasteiger partial charge on any atom is 0.326 e. The maximum atomic E-state index is 10.2. The average Bonchev–Trinajstić information content (AvgIpc) is 1.78. The molecule has 0 bridgehead atoms. The van der Waals surface area contributed by atoms with E-state index in [1.54, 1.807) is 0 Å². The van der Waals surface area contributed by atoms with E-state index in [0.29, 0.717) is 19.6 Å². The molecule has 10 heavy (non-hydrogen) atoms. The Kier molecular flexibility index (Phi) is 4.85. The third-order valence-electron chi connectivity index (χ3n) is 0.901. The van der Waals surface area contributed by atoms with Crippen LogP contribution in [0.25, 0.3) is 0 Å². The molecular weight excluding hydrogens is 155 g/mol. The Morgan fingerprint density at radius 2 is 2.00 bits per heavy atom. The lowest BCUT2D eigenvalue weighted by molar-refractivity contribution is 0.372. The van der Waals surface area contributed by atoms with E-state index in [1.165, 1.54) is 0 Å². The smallest absolute Gasteiger partial charge is 0.326 e. The molecule has 0 radical (unpaired) electrons. The first-order chi connectivity index (χ1) is 4.56. The molecule has 5 N–H and O–H groups in total. The van der Waals surface area contributed by atoms with Crippen LogP contribution in [-0.2, 0) is 4.57 Å². The first-order valence-electron chi connectivity index (χ1n) is 3.01.